The molecule has 1 aromatic rings. The maximum atomic E-state index is 5.55. The van der Waals surface area contributed by atoms with Crippen LogP contribution in [0.1, 0.15) is 32.3 Å². The van der Waals surface area contributed by atoms with E-state index in [1.807, 2.05) is 25.2 Å². The molecule has 0 aromatic heterocycles. The third-order valence-corrected chi connectivity index (χ3v) is 5.72. The highest BCUT2D eigenvalue weighted by Gasteiger charge is 2.27. The number of hydrogen-bond acceptors (Lipinski definition) is 5. The van der Waals surface area contributed by atoms with Crippen LogP contribution in [0.15, 0.2) is 23.2 Å². The Labute approximate surface area is 199 Å². The van der Waals surface area contributed by atoms with Crippen molar-refractivity contribution < 1.29 is 14.2 Å². The summed E-state index contributed by atoms with van der Waals surface area (Å²) in [6, 6.07) is 6.42. The lowest BCUT2D eigenvalue weighted by molar-refractivity contribution is 0.00272. The summed E-state index contributed by atoms with van der Waals surface area (Å²) in [5.74, 6) is 2.93. The van der Waals surface area contributed by atoms with Crippen molar-refractivity contribution in [3.05, 3.63) is 23.8 Å². The fourth-order valence-corrected chi connectivity index (χ4v) is 3.93. The number of aliphatic imine (C=N–C) groups is 1. The zero-order valence-electron chi connectivity index (χ0n) is 19.1. The Bertz CT molecular complexity index is 635. The van der Waals surface area contributed by atoms with Crippen LogP contribution in [0.25, 0.3) is 0 Å². The normalized spacial score (nSPS) is 16.0. The number of guanidine groups is 1. The Kier molecular flexibility index (Phi) is 13.1. The Morgan fingerprint density at radius 3 is 2.33 bits per heavy atom. The molecule has 2 N–H and O–H groups in total. The van der Waals surface area contributed by atoms with E-state index in [4.69, 9.17) is 14.2 Å². The number of ether oxygens (including phenoxy) is 3. The molecule has 30 heavy (non-hydrogen) atoms. The number of methoxy groups -OCH3 is 2. The van der Waals surface area contributed by atoms with Crippen LogP contribution in [0.4, 0.5) is 0 Å². The van der Waals surface area contributed by atoms with E-state index in [-0.39, 0.29) is 24.0 Å². The molecule has 1 heterocycles. The summed E-state index contributed by atoms with van der Waals surface area (Å²) in [6.07, 6.45) is 2.36. The minimum absolute atomic E-state index is 0. The van der Waals surface area contributed by atoms with Gasteiger partial charge in [0.2, 0.25) is 0 Å². The maximum absolute atomic E-state index is 5.55. The van der Waals surface area contributed by atoms with E-state index in [0.29, 0.717) is 18.5 Å². The van der Waals surface area contributed by atoms with Gasteiger partial charge in [0.25, 0.3) is 0 Å². The van der Waals surface area contributed by atoms with Crippen molar-refractivity contribution >= 4 is 29.9 Å². The SMILES string of the molecule is CCC(CC)C(CNC(=NC)NCc1ccc(OC)c(OC)c1)N1CCOCC1.I. The van der Waals surface area contributed by atoms with Gasteiger partial charge in [0, 0.05) is 39.3 Å². The summed E-state index contributed by atoms with van der Waals surface area (Å²) in [5, 5.41) is 6.94. The smallest absolute Gasteiger partial charge is 0.191 e. The number of nitrogens with one attached hydrogen (secondary N) is 2. The van der Waals surface area contributed by atoms with Gasteiger partial charge in [0.1, 0.15) is 0 Å². The number of benzene rings is 1. The summed E-state index contributed by atoms with van der Waals surface area (Å²) in [4.78, 5) is 6.97. The minimum atomic E-state index is 0. The van der Waals surface area contributed by atoms with Crippen molar-refractivity contribution in [2.45, 2.75) is 39.3 Å². The fraction of sp³-hybridized carbons (Fsp3) is 0.682. The van der Waals surface area contributed by atoms with Crippen LogP contribution in [0.3, 0.4) is 0 Å². The Morgan fingerprint density at radius 1 is 1.10 bits per heavy atom. The van der Waals surface area contributed by atoms with E-state index in [1.54, 1.807) is 14.2 Å². The van der Waals surface area contributed by atoms with Gasteiger partial charge in [0.15, 0.2) is 17.5 Å². The predicted octanol–water partition coefficient (Wildman–Crippen LogP) is 3.12. The monoisotopic (exact) mass is 534 g/mol. The number of halogens is 1. The third-order valence-electron chi connectivity index (χ3n) is 5.72. The third kappa shape index (κ3) is 7.77. The highest BCUT2D eigenvalue weighted by molar-refractivity contribution is 14.0. The lowest BCUT2D eigenvalue weighted by Gasteiger charge is -2.39. The van der Waals surface area contributed by atoms with Gasteiger partial charge in [-0.25, -0.2) is 0 Å². The Balaban J connectivity index is 0.00000450. The van der Waals surface area contributed by atoms with Crippen molar-refractivity contribution in [2.75, 3.05) is 54.1 Å². The molecule has 0 spiro atoms. The molecule has 1 atom stereocenters. The fourth-order valence-electron chi connectivity index (χ4n) is 3.93. The quantitative estimate of drug-likeness (QED) is 0.273. The maximum Gasteiger partial charge on any atom is 0.191 e. The van der Waals surface area contributed by atoms with Crippen LogP contribution in [0.2, 0.25) is 0 Å². The molecule has 1 aromatic carbocycles. The van der Waals surface area contributed by atoms with Gasteiger partial charge in [-0.2, -0.15) is 0 Å². The summed E-state index contributed by atoms with van der Waals surface area (Å²) in [5.41, 5.74) is 1.11. The predicted molar refractivity (Wildman–Crippen MR) is 133 cm³/mol. The topological polar surface area (TPSA) is 67.4 Å². The number of nitrogens with zero attached hydrogens (tertiary/aromatic N) is 2. The zero-order valence-corrected chi connectivity index (χ0v) is 21.4. The molecule has 2 rings (SSSR count). The summed E-state index contributed by atoms with van der Waals surface area (Å²) in [6.45, 7) is 9.75. The van der Waals surface area contributed by atoms with E-state index in [9.17, 15) is 0 Å². The molecule has 1 saturated heterocycles. The van der Waals surface area contributed by atoms with Crippen molar-refractivity contribution in [3.8, 4) is 11.5 Å². The van der Waals surface area contributed by atoms with Gasteiger partial charge >= 0.3 is 0 Å². The van der Waals surface area contributed by atoms with Crippen molar-refractivity contribution in [2.24, 2.45) is 10.9 Å². The van der Waals surface area contributed by atoms with E-state index in [1.165, 1.54) is 12.8 Å². The number of hydrogen-bond donors (Lipinski definition) is 2. The summed E-state index contributed by atoms with van der Waals surface area (Å²) in [7, 11) is 5.11. The average Bonchev–Trinajstić information content (AvgIpc) is 2.78. The van der Waals surface area contributed by atoms with E-state index in [0.717, 1.165) is 55.9 Å². The van der Waals surface area contributed by atoms with Crippen LogP contribution >= 0.6 is 24.0 Å². The van der Waals surface area contributed by atoms with Crippen LogP contribution in [-0.2, 0) is 11.3 Å². The van der Waals surface area contributed by atoms with Crippen LogP contribution in [-0.4, -0.2) is 71.0 Å². The van der Waals surface area contributed by atoms with Gasteiger partial charge < -0.3 is 24.8 Å². The van der Waals surface area contributed by atoms with E-state index in [2.05, 4.69) is 34.4 Å². The lowest BCUT2D eigenvalue weighted by Crippen LogP contribution is -2.53. The number of morpholine rings is 1. The number of rotatable bonds is 10. The first kappa shape index (κ1) is 26.8. The van der Waals surface area contributed by atoms with Gasteiger partial charge in [-0.05, 0) is 23.6 Å². The van der Waals surface area contributed by atoms with Crippen LogP contribution in [0, 0.1) is 5.92 Å². The Hall–Kier alpha value is -1.26. The molecular formula is C22H39IN4O3. The molecule has 1 aliphatic heterocycles. The molecule has 1 aliphatic rings. The standard InChI is InChI=1S/C22H38N4O3.HI/c1-6-18(7-2)19(26-10-12-29-13-11-26)16-25-22(23-3)24-15-17-8-9-20(27-4)21(14-17)28-5;/h8-9,14,18-19H,6-7,10-13,15-16H2,1-5H3,(H2,23,24,25);1H. The second-order valence-electron chi connectivity index (χ2n) is 7.29. The van der Waals surface area contributed by atoms with Crippen molar-refractivity contribution in [1.82, 2.24) is 15.5 Å². The molecular weight excluding hydrogens is 495 g/mol. The molecule has 172 valence electrons. The van der Waals surface area contributed by atoms with Gasteiger partial charge in [-0.1, -0.05) is 32.8 Å². The van der Waals surface area contributed by atoms with Crippen LogP contribution < -0.4 is 20.1 Å². The highest BCUT2D eigenvalue weighted by Crippen LogP contribution is 2.27. The largest absolute Gasteiger partial charge is 0.493 e. The van der Waals surface area contributed by atoms with E-state index < -0.39 is 0 Å². The molecule has 8 heteroatoms. The summed E-state index contributed by atoms with van der Waals surface area (Å²) >= 11 is 0. The molecule has 0 bridgehead atoms. The van der Waals surface area contributed by atoms with Crippen molar-refractivity contribution in [3.63, 3.8) is 0 Å². The molecule has 0 aliphatic carbocycles. The van der Waals surface area contributed by atoms with Gasteiger partial charge in [0.05, 0.1) is 27.4 Å². The minimum Gasteiger partial charge on any atom is -0.493 e. The summed E-state index contributed by atoms with van der Waals surface area (Å²) < 4.78 is 16.3. The van der Waals surface area contributed by atoms with Crippen LogP contribution in [0.5, 0.6) is 11.5 Å². The molecule has 7 nitrogen and oxygen atoms in total. The second-order valence-corrected chi connectivity index (χ2v) is 7.29. The first-order valence-corrected chi connectivity index (χ1v) is 10.6. The average molecular weight is 534 g/mol. The van der Waals surface area contributed by atoms with E-state index >= 15 is 0 Å². The first-order chi connectivity index (χ1) is 14.2. The molecule has 0 saturated carbocycles. The zero-order chi connectivity index (χ0) is 21.1. The lowest BCUT2D eigenvalue weighted by atomic mass is 9.92. The highest BCUT2D eigenvalue weighted by atomic mass is 127. The Morgan fingerprint density at radius 2 is 1.77 bits per heavy atom. The first-order valence-electron chi connectivity index (χ1n) is 10.6. The molecule has 1 fully saturated rings. The van der Waals surface area contributed by atoms with Gasteiger partial charge in [-0.3, -0.25) is 9.89 Å². The van der Waals surface area contributed by atoms with Crippen molar-refractivity contribution in [1.29, 1.82) is 0 Å². The second kappa shape index (κ2) is 14.7. The molecule has 1 unspecified atom stereocenters. The molecule has 0 amide bonds. The molecule has 0 radical (unpaired) electrons. The van der Waals surface area contributed by atoms with Gasteiger partial charge in [-0.15, -0.1) is 24.0 Å².